The molecular formula is C14H21NS. The van der Waals surface area contributed by atoms with Crippen molar-refractivity contribution in [1.29, 1.82) is 0 Å². The number of hydrogen-bond acceptors (Lipinski definition) is 2. The summed E-state index contributed by atoms with van der Waals surface area (Å²) in [5.74, 6) is 1.25. The molecule has 0 saturated carbocycles. The Hall–Kier alpha value is -0.470. The van der Waals surface area contributed by atoms with E-state index >= 15 is 0 Å². The van der Waals surface area contributed by atoms with Crippen molar-refractivity contribution in [2.75, 3.05) is 12.3 Å². The molecule has 1 N–H and O–H groups in total. The van der Waals surface area contributed by atoms with Gasteiger partial charge in [0.2, 0.25) is 0 Å². The summed E-state index contributed by atoms with van der Waals surface area (Å²) in [5.41, 5.74) is 1.41. The predicted octanol–water partition coefficient (Wildman–Crippen LogP) is 3.62. The van der Waals surface area contributed by atoms with Gasteiger partial charge in [0.15, 0.2) is 0 Å². The molecule has 0 aliphatic carbocycles. The highest BCUT2D eigenvalue weighted by Gasteiger charge is 2.12. The number of rotatable bonds is 5. The maximum Gasteiger partial charge on any atom is 0.0101 e. The monoisotopic (exact) mass is 235 g/mol. The Morgan fingerprint density at radius 3 is 3.00 bits per heavy atom. The summed E-state index contributed by atoms with van der Waals surface area (Å²) in [7, 11) is 0. The van der Waals surface area contributed by atoms with Crippen LogP contribution in [0.1, 0.15) is 31.2 Å². The lowest BCUT2D eigenvalue weighted by Gasteiger charge is -2.09. The molecule has 88 valence electrons. The molecule has 1 aliphatic heterocycles. The van der Waals surface area contributed by atoms with E-state index in [1.54, 1.807) is 0 Å². The van der Waals surface area contributed by atoms with Gasteiger partial charge in [0.25, 0.3) is 0 Å². The molecule has 1 aromatic rings. The minimum Gasteiger partial charge on any atom is -0.314 e. The standard InChI is InChI=1S/C14H21NS/c1-12-6-2-3-9-14(12)16-11-5-8-13-7-4-10-15-13/h2-3,6,9,13,15H,4-5,7-8,10-11H2,1H3. The van der Waals surface area contributed by atoms with Crippen molar-refractivity contribution in [3.63, 3.8) is 0 Å². The van der Waals surface area contributed by atoms with Gasteiger partial charge in [-0.2, -0.15) is 0 Å². The smallest absolute Gasteiger partial charge is 0.0101 e. The molecule has 0 bridgehead atoms. The van der Waals surface area contributed by atoms with Gasteiger partial charge in [0.1, 0.15) is 0 Å². The molecule has 1 atom stereocenters. The van der Waals surface area contributed by atoms with Gasteiger partial charge in [-0.1, -0.05) is 18.2 Å². The zero-order chi connectivity index (χ0) is 11.2. The van der Waals surface area contributed by atoms with Crippen molar-refractivity contribution >= 4 is 11.8 Å². The second-order valence-electron chi connectivity index (χ2n) is 4.55. The largest absolute Gasteiger partial charge is 0.314 e. The molecule has 1 aliphatic rings. The molecule has 0 aromatic heterocycles. The molecule has 0 spiro atoms. The predicted molar refractivity (Wildman–Crippen MR) is 72.2 cm³/mol. The fourth-order valence-electron chi connectivity index (χ4n) is 2.23. The Morgan fingerprint density at radius 2 is 2.25 bits per heavy atom. The SMILES string of the molecule is Cc1ccccc1SCCCC1CCCN1. The maximum atomic E-state index is 3.56. The van der Waals surface area contributed by atoms with Crippen LogP contribution in [0.25, 0.3) is 0 Å². The summed E-state index contributed by atoms with van der Waals surface area (Å²) in [5, 5.41) is 3.56. The lowest BCUT2D eigenvalue weighted by Crippen LogP contribution is -2.20. The van der Waals surface area contributed by atoms with Gasteiger partial charge in [-0.3, -0.25) is 0 Å². The van der Waals surface area contributed by atoms with Crippen LogP contribution in [-0.2, 0) is 0 Å². The van der Waals surface area contributed by atoms with Crippen LogP contribution in [0.3, 0.4) is 0 Å². The fourth-order valence-corrected chi connectivity index (χ4v) is 3.23. The normalized spacial score (nSPS) is 20.2. The third kappa shape index (κ3) is 3.53. The lowest BCUT2D eigenvalue weighted by atomic mass is 10.1. The van der Waals surface area contributed by atoms with Crippen LogP contribution < -0.4 is 5.32 Å². The summed E-state index contributed by atoms with van der Waals surface area (Å²) >= 11 is 2.00. The molecule has 2 rings (SSSR count). The summed E-state index contributed by atoms with van der Waals surface area (Å²) in [4.78, 5) is 1.45. The van der Waals surface area contributed by atoms with Crippen molar-refractivity contribution in [1.82, 2.24) is 5.32 Å². The van der Waals surface area contributed by atoms with Crippen LogP contribution in [0.15, 0.2) is 29.2 Å². The second kappa shape index (κ2) is 6.31. The molecule has 1 saturated heterocycles. The Kier molecular flexibility index (Phi) is 4.73. The average Bonchev–Trinajstić information content (AvgIpc) is 2.79. The number of nitrogens with one attached hydrogen (secondary N) is 1. The topological polar surface area (TPSA) is 12.0 Å². The van der Waals surface area contributed by atoms with Gasteiger partial charge in [-0.15, -0.1) is 11.8 Å². The van der Waals surface area contributed by atoms with Crippen LogP contribution in [0.5, 0.6) is 0 Å². The number of benzene rings is 1. The van der Waals surface area contributed by atoms with Gasteiger partial charge < -0.3 is 5.32 Å². The van der Waals surface area contributed by atoms with Crippen LogP contribution >= 0.6 is 11.8 Å². The number of aryl methyl sites for hydroxylation is 1. The molecule has 1 nitrogen and oxygen atoms in total. The highest BCUT2D eigenvalue weighted by molar-refractivity contribution is 7.99. The molecule has 1 fully saturated rings. The Labute approximate surface area is 103 Å². The van der Waals surface area contributed by atoms with Crippen molar-refractivity contribution in [3.8, 4) is 0 Å². The number of thioether (sulfide) groups is 1. The van der Waals surface area contributed by atoms with Crippen LogP contribution in [0.2, 0.25) is 0 Å². The molecule has 1 aromatic carbocycles. The van der Waals surface area contributed by atoms with E-state index in [1.807, 2.05) is 11.8 Å². The van der Waals surface area contributed by atoms with E-state index in [9.17, 15) is 0 Å². The van der Waals surface area contributed by atoms with Gasteiger partial charge >= 0.3 is 0 Å². The molecular weight excluding hydrogens is 214 g/mol. The molecule has 1 unspecified atom stereocenters. The van der Waals surface area contributed by atoms with E-state index < -0.39 is 0 Å². The van der Waals surface area contributed by atoms with E-state index in [-0.39, 0.29) is 0 Å². The highest BCUT2D eigenvalue weighted by atomic mass is 32.2. The molecule has 2 heteroatoms. The lowest BCUT2D eigenvalue weighted by molar-refractivity contribution is 0.553. The first-order valence-electron chi connectivity index (χ1n) is 6.28. The van der Waals surface area contributed by atoms with Crippen molar-refractivity contribution in [2.24, 2.45) is 0 Å². The first-order valence-corrected chi connectivity index (χ1v) is 7.26. The molecule has 1 heterocycles. The van der Waals surface area contributed by atoms with Crippen molar-refractivity contribution < 1.29 is 0 Å². The molecule has 0 amide bonds. The van der Waals surface area contributed by atoms with Gasteiger partial charge in [-0.05, 0) is 56.5 Å². The maximum absolute atomic E-state index is 3.56. The minimum atomic E-state index is 0.803. The van der Waals surface area contributed by atoms with Gasteiger partial charge in [-0.25, -0.2) is 0 Å². The molecule has 16 heavy (non-hydrogen) atoms. The zero-order valence-electron chi connectivity index (χ0n) is 10.0. The third-order valence-corrected chi connectivity index (χ3v) is 4.47. The van der Waals surface area contributed by atoms with E-state index in [2.05, 4.69) is 36.5 Å². The van der Waals surface area contributed by atoms with Crippen LogP contribution in [0.4, 0.5) is 0 Å². The summed E-state index contributed by atoms with van der Waals surface area (Å²) in [6, 6.07) is 9.47. The van der Waals surface area contributed by atoms with E-state index in [0.717, 1.165) is 6.04 Å². The quantitative estimate of drug-likeness (QED) is 0.618. The van der Waals surface area contributed by atoms with E-state index in [0.29, 0.717) is 0 Å². The Bertz CT molecular complexity index is 318. The first kappa shape index (κ1) is 12.0. The van der Waals surface area contributed by atoms with Crippen molar-refractivity contribution in [2.45, 2.75) is 43.5 Å². The van der Waals surface area contributed by atoms with Crippen LogP contribution in [0, 0.1) is 6.92 Å². The third-order valence-electron chi connectivity index (χ3n) is 3.21. The zero-order valence-corrected chi connectivity index (χ0v) is 10.9. The van der Waals surface area contributed by atoms with E-state index in [1.165, 1.54) is 48.4 Å². The van der Waals surface area contributed by atoms with Gasteiger partial charge in [0, 0.05) is 10.9 Å². The minimum absolute atomic E-state index is 0.803. The highest BCUT2D eigenvalue weighted by Crippen LogP contribution is 2.23. The van der Waals surface area contributed by atoms with Crippen molar-refractivity contribution in [3.05, 3.63) is 29.8 Å². The fraction of sp³-hybridized carbons (Fsp3) is 0.571. The average molecular weight is 235 g/mol. The van der Waals surface area contributed by atoms with E-state index in [4.69, 9.17) is 0 Å². The number of hydrogen-bond donors (Lipinski definition) is 1. The summed E-state index contributed by atoms with van der Waals surface area (Å²) < 4.78 is 0. The second-order valence-corrected chi connectivity index (χ2v) is 5.69. The molecule has 0 radical (unpaired) electrons. The first-order chi connectivity index (χ1) is 7.86. The Balaban J connectivity index is 1.66. The summed E-state index contributed by atoms with van der Waals surface area (Å²) in [6.07, 6.45) is 5.43. The van der Waals surface area contributed by atoms with Crippen LogP contribution in [-0.4, -0.2) is 18.3 Å². The van der Waals surface area contributed by atoms with Gasteiger partial charge in [0.05, 0.1) is 0 Å². The Morgan fingerprint density at radius 1 is 1.38 bits per heavy atom. The summed E-state index contributed by atoms with van der Waals surface area (Å²) in [6.45, 7) is 3.43.